The molecule has 0 aliphatic carbocycles. The first-order valence-electron chi connectivity index (χ1n) is 7.53. The van der Waals surface area contributed by atoms with Crippen LogP contribution in [0.2, 0.25) is 0 Å². The van der Waals surface area contributed by atoms with Crippen molar-refractivity contribution in [1.82, 2.24) is 30.3 Å². The van der Waals surface area contributed by atoms with E-state index >= 15 is 0 Å². The van der Waals surface area contributed by atoms with Gasteiger partial charge in [0.05, 0.1) is 0 Å². The van der Waals surface area contributed by atoms with Crippen molar-refractivity contribution in [2.24, 2.45) is 5.92 Å². The largest absolute Gasteiger partial charge is 0.337 e. The van der Waals surface area contributed by atoms with Gasteiger partial charge in [0.25, 0.3) is 5.91 Å². The van der Waals surface area contributed by atoms with Crippen LogP contribution in [-0.2, 0) is 0 Å². The summed E-state index contributed by atoms with van der Waals surface area (Å²) < 4.78 is 1.52. The maximum absolute atomic E-state index is 12.8. The first-order chi connectivity index (χ1) is 10.3. The van der Waals surface area contributed by atoms with Gasteiger partial charge in [-0.15, -0.1) is 17.5 Å². The Morgan fingerprint density at radius 1 is 1.32 bits per heavy atom. The Morgan fingerprint density at radius 2 is 2.23 bits per heavy atom. The maximum atomic E-state index is 12.8. The van der Waals surface area contributed by atoms with E-state index < -0.39 is 0 Å². The van der Waals surface area contributed by atoms with Crippen molar-refractivity contribution in [3.8, 4) is 0 Å². The van der Waals surface area contributed by atoms with Gasteiger partial charge in [0, 0.05) is 19.1 Å². The third-order valence-electron chi connectivity index (χ3n) is 4.62. The van der Waals surface area contributed by atoms with Crippen LogP contribution < -0.4 is 5.32 Å². The Morgan fingerprint density at radius 3 is 3.14 bits per heavy atom. The van der Waals surface area contributed by atoms with Crippen LogP contribution in [-0.4, -0.2) is 56.5 Å². The van der Waals surface area contributed by atoms with Crippen LogP contribution >= 0.6 is 12.4 Å². The van der Waals surface area contributed by atoms with Gasteiger partial charge >= 0.3 is 0 Å². The average molecular weight is 323 g/mol. The second kappa shape index (κ2) is 6.18. The molecule has 8 heteroatoms. The molecule has 4 heterocycles. The Balaban J connectivity index is 0.00000144. The van der Waals surface area contributed by atoms with E-state index in [1.165, 1.54) is 17.4 Å². The van der Waals surface area contributed by atoms with Crippen molar-refractivity contribution in [3.63, 3.8) is 0 Å². The minimum Gasteiger partial charge on any atom is -0.337 e. The van der Waals surface area contributed by atoms with Gasteiger partial charge < -0.3 is 10.2 Å². The summed E-state index contributed by atoms with van der Waals surface area (Å²) in [6.07, 6.45) is 3.43. The van der Waals surface area contributed by atoms with Gasteiger partial charge in [-0.25, -0.2) is 0 Å². The maximum Gasteiger partial charge on any atom is 0.272 e. The van der Waals surface area contributed by atoms with Crippen molar-refractivity contribution in [2.75, 3.05) is 19.6 Å². The Hall–Kier alpha value is -1.73. The van der Waals surface area contributed by atoms with Crippen LogP contribution in [0.3, 0.4) is 0 Å². The zero-order valence-corrected chi connectivity index (χ0v) is 13.0. The van der Waals surface area contributed by atoms with Gasteiger partial charge in [-0.1, -0.05) is 6.07 Å². The van der Waals surface area contributed by atoms with Crippen molar-refractivity contribution >= 4 is 24.0 Å². The molecule has 0 aromatic carbocycles. The molecule has 2 atom stereocenters. The van der Waals surface area contributed by atoms with E-state index in [0.29, 0.717) is 23.3 Å². The second-order valence-electron chi connectivity index (χ2n) is 5.86. The number of likely N-dealkylation sites (tertiary alicyclic amines) is 1. The van der Waals surface area contributed by atoms with Crippen LogP contribution in [0.5, 0.6) is 0 Å². The van der Waals surface area contributed by atoms with E-state index in [4.69, 9.17) is 0 Å². The standard InChI is InChI=1S/C14H18N6O.ClH/c21-14(12-4-1-5-13-16-17-18-20(12)13)19-8-6-11-10(9-19)3-2-7-15-11;/h1,4-5,10-11,15H,2-3,6-9H2;1H/t10-,11+;/m1./s1. The van der Waals surface area contributed by atoms with Gasteiger partial charge in [0.2, 0.25) is 0 Å². The van der Waals surface area contributed by atoms with Gasteiger partial charge in [0.15, 0.2) is 5.65 Å². The highest BCUT2D eigenvalue weighted by Gasteiger charge is 2.33. The zero-order chi connectivity index (χ0) is 14.2. The number of nitrogens with zero attached hydrogens (tertiary/aromatic N) is 5. The third kappa shape index (κ3) is 2.55. The molecule has 118 valence electrons. The predicted octanol–water partition coefficient (Wildman–Crippen LogP) is 0.760. The minimum absolute atomic E-state index is 0. The van der Waals surface area contributed by atoms with E-state index in [1.807, 2.05) is 11.0 Å². The summed E-state index contributed by atoms with van der Waals surface area (Å²) in [5.41, 5.74) is 1.15. The van der Waals surface area contributed by atoms with Gasteiger partial charge in [-0.05, 0) is 54.3 Å². The molecule has 2 aromatic heterocycles. The quantitative estimate of drug-likeness (QED) is 0.839. The van der Waals surface area contributed by atoms with E-state index in [-0.39, 0.29) is 18.3 Å². The van der Waals surface area contributed by atoms with Crippen LogP contribution in [0, 0.1) is 5.92 Å². The Bertz CT molecular complexity index is 674. The number of pyridine rings is 1. The monoisotopic (exact) mass is 322 g/mol. The molecular weight excluding hydrogens is 304 g/mol. The predicted molar refractivity (Wildman–Crippen MR) is 83.1 cm³/mol. The van der Waals surface area contributed by atoms with E-state index in [2.05, 4.69) is 20.8 Å². The fourth-order valence-corrected chi connectivity index (χ4v) is 3.52. The van der Waals surface area contributed by atoms with E-state index in [1.54, 1.807) is 12.1 Å². The van der Waals surface area contributed by atoms with Crippen molar-refractivity contribution < 1.29 is 4.79 Å². The first kappa shape index (κ1) is 15.2. The number of tetrazole rings is 1. The average Bonchev–Trinajstić information content (AvgIpc) is 3.02. The molecule has 2 aromatic rings. The van der Waals surface area contributed by atoms with Crippen LogP contribution in [0.25, 0.3) is 5.65 Å². The molecule has 1 N–H and O–H groups in total. The topological polar surface area (TPSA) is 75.4 Å². The SMILES string of the molecule is Cl.O=C(c1cccc2nnnn12)N1CC[C@@H]2NCCC[C@@H]2C1. The highest BCUT2D eigenvalue weighted by Crippen LogP contribution is 2.25. The van der Waals surface area contributed by atoms with Gasteiger partial charge in [0.1, 0.15) is 5.69 Å². The molecule has 0 saturated carbocycles. The Kier molecular flexibility index (Phi) is 4.26. The number of hydrogen-bond acceptors (Lipinski definition) is 5. The molecule has 0 spiro atoms. The van der Waals surface area contributed by atoms with Crippen LogP contribution in [0.1, 0.15) is 29.8 Å². The molecule has 4 rings (SSSR count). The lowest BCUT2D eigenvalue weighted by molar-refractivity contribution is 0.0584. The molecule has 1 amide bonds. The fourth-order valence-electron chi connectivity index (χ4n) is 3.52. The molecule has 0 unspecified atom stereocenters. The lowest BCUT2D eigenvalue weighted by Crippen LogP contribution is -2.53. The van der Waals surface area contributed by atoms with Crippen LogP contribution in [0.4, 0.5) is 0 Å². The summed E-state index contributed by atoms with van der Waals surface area (Å²) in [5.74, 6) is 0.599. The number of amides is 1. The summed E-state index contributed by atoms with van der Waals surface area (Å²) in [5, 5.41) is 15.0. The Labute approximate surface area is 134 Å². The zero-order valence-electron chi connectivity index (χ0n) is 12.2. The smallest absolute Gasteiger partial charge is 0.272 e. The second-order valence-corrected chi connectivity index (χ2v) is 5.86. The number of carbonyl (C=O) groups is 1. The number of piperidine rings is 2. The van der Waals surface area contributed by atoms with E-state index in [9.17, 15) is 4.79 Å². The van der Waals surface area contributed by atoms with Crippen LogP contribution in [0.15, 0.2) is 18.2 Å². The van der Waals surface area contributed by atoms with Crippen molar-refractivity contribution in [3.05, 3.63) is 23.9 Å². The molecule has 2 saturated heterocycles. The summed E-state index contributed by atoms with van der Waals surface area (Å²) in [6, 6.07) is 5.99. The molecule has 7 nitrogen and oxygen atoms in total. The molecule has 2 fully saturated rings. The van der Waals surface area contributed by atoms with E-state index in [0.717, 1.165) is 26.1 Å². The number of nitrogens with one attached hydrogen (secondary N) is 1. The molecule has 2 aliphatic heterocycles. The molecular formula is C14H19ClN6O. The summed E-state index contributed by atoms with van der Waals surface area (Å²) >= 11 is 0. The molecule has 2 aliphatic rings. The number of hydrogen-bond donors (Lipinski definition) is 1. The number of carbonyl (C=O) groups excluding carboxylic acids is 1. The number of aromatic nitrogens is 4. The molecule has 0 radical (unpaired) electrons. The first-order valence-corrected chi connectivity index (χ1v) is 7.53. The van der Waals surface area contributed by atoms with Gasteiger partial charge in [-0.2, -0.15) is 4.52 Å². The van der Waals surface area contributed by atoms with Gasteiger partial charge in [-0.3, -0.25) is 4.79 Å². The number of halogens is 1. The summed E-state index contributed by atoms with van der Waals surface area (Å²) in [6.45, 7) is 2.74. The number of fused-ring (bicyclic) bond motifs is 2. The normalized spacial score (nSPS) is 24.6. The summed E-state index contributed by atoms with van der Waals surface area (Å²) in [7, 11) is 0. The molecule has 0 bridgehead atoms. The highest BCUT2D eigenvalue weighted by atomic mass is 35.5. The minimum atomic E-state index is 0. The lowest BCUT2D eigenvalue weighted by Gasteiger charge is -2.41. The number of rotatable bonds is 1. The van der Waals surface area contributed by atoms with Crippen molar-refractivity contribution in [2.45, 2.75) is 25.3 Å². The van der Waals surface area contributed by atoms with Crippen molar-refractivity contribution in [1.29, 1.82) is 0 Å². The molecule has 22 heavy (non-hydrogen) atoms. The highest BCUT2D eigenvalue weighted by molar-refractivity contribution is 5.93. The lowest BCUT2D eigenvalue weighted by atomic mass is 9.85. The summed E-state index contributed by atoms with van der Waals surface area (Å²) in [4.78, 5) is 14.7. The fraction of sp³-hybridized carbons (Fsp3) is 0.571. The third-order valence-corrected chi connectivity index (χ3v) is 4.62.